The highest BCUT2D eigenvalue weighted by Gasteiger charge is 2.23. The van der Waals surface area contributed by atoms with Crippen molar-refractivity contribution in [1.82, 2.24) is 29.4 Å². The molecule has 1 aliphatic heterocycles. The SMILES string of the molecule is Cc1cc(NC(=O)CN2CCC[C@@H](Cn3nc(C)nc3C)C2)n(C)n1. The molecule has 0 aromatic carbocycles. The Hall–Kier alpha value is -2.22. The van der Waals surface area contributed by atoms with E-state index >= 15 is 0 Å². The highest BCUT2D eigenvalue weighted by Crippen LogP contribution is 2.19. The molecule has 136 valence electrons. The Labute approximate surface area is 148 Å². The maximum absolute atomic E-state index is 12.3. The highest BCUT2D eigenvalue weighted by molar-refractivity contribution is 5.91. The number of aryl methyl sites for hydroxylation is 4. The van der Waals surface area contributed by atoms with Crippen LogP contribution in [0.4, 0.5) is 5.82 Å². The number of hydrogen-bond acceptors (Lipinski definition) is 5. The topological polar surface area (TPSA) is 80.9 Å². The van der Waals surface area contributed by atoms with Crippen LogP contribution in [0.25, 0.3) is 0 Å². The van der Waals surface area contributed by atoms with E-state index in [-0.39, 0.29) is 5.91 Å². The number of hydrogen-bond donors (Lipinski definition) is 1. The maximum atomic E-state index is 12.3. The van der Waals surface area contributed by atoms with E-state index in [9.17, 15) is 4.79 Å². The monoisotopic (exact) mass is 345 g/mol. The van der Waals surface area contributed by atoms with Crippen molar-refractivity contribution in [1.29, 1.82) is 0 Å². The van der Waals surface area contributed by atoms with Gasteiger partial charge in [-0.3, -0.25) is 14.4 Å². The summed E-state index contributed by atoms with van der Waals surface area (Å²) in [4.78, 5) is 18.9. The van der Waals surface area contributed by atoms with Gasteiger partial charge in [0.25, 0.3) is 0 Å². The van der Waals surface area contributed by atoms with Crippen molar-refractivity contribution >= 4 is 11.7 Å². The van der Waals surface area contributed by atoms with Crippen molar-refractivity contribution in [2.45, 2.75) is 40.2 Å². The first-order chi connectivity index (χ1) is 11.9. The average molecular weight is 345 g/mol. The molecule has 2 aromatic heterocycles. The first kappa shape index (κ1) is 17.6. The second-order valence-corrected chi connectivity index (χ2v) is 6.97. The summed E-state index contributed by atoms with van der Waals surface area (Å²) in [7, 11) is 1.84. The molecule has 2 aromatic rings. The molecule has 0 spiro atoms. The van der Waals surface area contributed by atoms with Gasteiger partial charge in [0, 0.05) is 26.2 Å². The minimum atomic E-state index is 0.0106. The molecule has 1 fully saturated rings. The molecule has 0 saturated carbocycles. The quantitative estimate of drug-likeness (QED) is 0.883. The maximum Gasteiger partial charge on any atom is 0.239 e. The fraction of sp³-hybridized carbons (Fsp3) is 0.647. The lowest BCUT2D eigenvalue weighted by atomic mass is 9.98. The molecule has 3 heterocycles. The number of anilines is 1. The summed E-state index contributed by atoms with van der Waals surface area (Å²) < 4.78 is 3.68. The van der Waals surface area contributed by atoms with E-state index < -0.39 is 0 Å². The Morgan fingerprint density at radius 1 is 1.32 bits per heavy atom. The number of nitrogens with one attached hydrogen (secondary N) is 1. The largest absolute Gasteiger partial charge is 0.310 e. The van der Waals surface area contributed by atoms with E-state index in [2.05, 4.69) is 25.4 Å². The van der Waals surface area contributed by atoms with E-state index in [4.69, 9.17) is 0 Å². The van der Waals surface area contributed by atoms with Gasteiger partial charge in [-0.1, -0.05) is 0 Å². The van der Waals surface area contributed by atoms with E-state index in [1.54, 1.807) is 4.68 Å². The van der Waals surface area contributed by atoms with Gasteiger partial charge in [-0.05, 0) is 46.1 Å². The van der Waals surface area contributed by atoms with Crippen LogP contribution in [0.5, 0.6) is 0 Å². The minimum absolute atomic E-state index is 0.0106. The van der Waals surface area contributed by atoms with Crippen LogP contribution in [0.1, 0.15) is 30.2 Å². The Morgan fingerprint density at radius 3 is 2.76 bits per heavy atom. The van der Waals surface area contributed by atoms with Crippen LogP contribution in [0.3, 0.4) is 0 Å². The zero-order valence-electron chi connectivity index (χ0n) is 15.5. The second kappa shape index (κ2) is 7.35. The standard InChI is InChI=1S/C17H27N7O/c1-12-8-16(22(4)20-12)19-17(25)11-23-7-5-6-15(9-23)10-24-14(3)18-13(2)21-24/h8,15H,5-7,9-11H2,1-4H3,(H,19,25)/t15-/m1/s1. The van der Waals surface area contributed by atoms with Gasteiger partial charge in [0.1, 0.15) is 17.5 Å². The predicted molar refractivity (Wildman–Crippen MR) is 95.2 cm³/mol. The van der Waals surface area contributed by atoms with Gasteiger partial charge in [0.05, 0.1) is 12.2 Å². The van der Waals surface area contributed by atoms with Gasteiger partial charge < -0.3 is 5.32 Å². The molecule has 1 amide bonds. The number of carbonyl (C=O) groups is 1. The third-order valence-corrected chi connectivity index (χ3v) is 4.63. The molecule has 0 unspecified atom stereocenters. The molecular formula is C17H27N7O. The number of amides is 1. The predicted octanol–water partition coefficient (Wildman–Crippen LogP) is 1.29. The summed E-state index contributed by atoms with van der Waals surface area (Å²) >= 11 is 0. The Bertz CT molecular complexity index is 748. The third-order valence-electron chi connectivity index (χ3n) is 4.63. The molecule has 0 bridgehead atoms. The molecule has 1 atom stereocenters. The molecule has 25 heavy (non-hydrogen) atoms. The lowest BCUT2D eigenvalue weighted by Crippen LogP contribution is -2.41. The van der Waals surface area contributed by atoms with Crippen LogP contribution >= 0.6 is 0 Å². The Balaban J connectivity index is 1.53. The third kappa shape index (κ3) is 4.45. The van der Waals surface area contributed by atoms with Crippen LogP contribution in [0, 0.1) is 26.7 Å². The fourth-order valence-corrected chi connectivity index (χ4v) is 3.54. The highest BCUT2D eigenvalue weighted by atomic mass is 16.2. The fourth-order valence-electron chi connectivity index (χ4n) is 3.54. The van der Waals surface area contributed by atoms with Crippen LogP contribution in [0.2, 0.25) is 0 Å². The molecule has 8 heteroatoms. The van der Waals surface area contributed by atoms with Crippen LogP contribution < -0.4 is 5.32 Å². The summed E-state index contributed by atoms with van der Waals surface area (Å²) in [6.45, 7) is 8.98. The van der Waals surface area contributed by atoms with E-state index in [0.29, 0.717) is 12.5 Å². The van der Waals surface area contributed by atoms with Gasteiger partial charge in [0.2, 0.25) is 5.91 Å². The Kier molecular flexibility index (Phi) is 5.17. The summed E-state index contributed by atoms with van der Waals surface area (Å²) in [6.07, 6.45) is 2.27. The number of likely N-dealkylation sites (tertiary alicyclic amines) is 1. The number of aromatic nitrogens is 5. The average Bonchev–Trinajstić information content (AvgIpc) is 3.00. The smallest absolute Gasteiger partial charge is 0.239 e. The van der Waals surface area contributed by atoms with Gasteiger partial charge in [0.15, 0.2) is 0 Å². The molecular weight excluding hydrogens is 318 g/mol. The number of carbonyl (C=O) groups excluding carboxylic acids is 1. The van der Waals surface area contributed by atoms with Crippen molar-refractivity contribution in [3.63, 3.8) is 0 Å². The molecule has 1 aliphatic rings. The number of piperidine rings is 1. The van der Waals surface area contributed by atoms with Gasteiger partial charge in [-0.15, -0.1) is 0 Å². The summed E-state index contributed by atoms with van der Waals surface area (Å²) in [5, 5.41) is 11.7. The minimum Gasteiger partial charge on any atom is -0.310 e. The second-order valence-electron chi connectivity index (χ2n) is 6.97. The first-order valence-corrected chi connectivity index (χ1v) is 8.81. The molecule has 1 saturated heterocycles. The van der Waals surface area contributed by atoms with Crippen molar-refractivity contribution in [3.8, 4) is 0 Å². The number of nitrogens with zero attached hydrogens (tertiary/aromatic N) is 6. The molecule has 3 rings (SSSR count). The van der Waals surface area contributed by atoms with E-state index in [1.807, 2.05) is 38.6 Å². The van der Waals surface area contributed by atoms with E-state index in [1.165, 1.54) is 0 Å². The number of rotatable bonds is 5. The van der Waals surface area contributed by atoms with Gasteiger partial charge in [-0.2, -0.15) is 10.2 Å². The van der Waals surface area contributed by atoms with Crippen LogP contribution in [0.15, 0.2) is 6.07 Å². The van der Waals surface area contributed by atoms with Crippen LogP contribution in [-0.4, -0.2) is 55.0 Å². The van der Waals surface area contributed by atoms with Crippen molar-refractivity contribution < 1.29 is 4.79 Å². The lowest BCUT2D eigenvalue weighted by molar-refractivity contribution is -0.117. The first-order valence-electron chi connectivity index (χ1n) is 8.81. The van der Waals surface area contributed by atoms with Gasteiger partial charge >= 0.3 is 0 Å². The lowest BCUT2D eigenvalue weighted by Gasteiger charge is -2.32. The summed E-state index contributed by atoms with van der Waals surface area (Å²) in [5.41, 5.74) is 0.898. The zero-order valence-corrected chi connectivity index (χ0v) is 15.5. The Morgan fingerprint density at radius 2 is 2.12 bits per heavy atom. The molecule has 0 radical (unpaired) electrons. The summed E-state index contributed by atoms with van der Waals surface area (Å²) in [6, 6.07) is 1.88. The molecule has 0 aliphatic carbocycles. The van der Waals surface area contributed by atoms with Crippen molar-refractivity contribution in [2.24, 2.45) is 13.0 Å². The van der Waals surface area contributed by atoms with E-state index in [0.717, 1.165) is 55.6 Å². The van der Waals surface area contributed by atoms with Gasteiger partial charge in [-0.25, -0.2) is 9.67 Å². The molecule has 1 N–H and O–H groups in total. The zero-order chi connectivity index (χ0) is 18.0. The van der Waals surface area contributed by atoms with Crippen molar-refractivity contribution in [2.75, 3.05) is 25.0 Å². The summed E-state index contributed by atoms with van der Waals surface area (Å²) in [5.74, 6) is 3.02. The molecule has 8 nitrogen and oxygen atoms in total. The van der Waals surface area contributed by atoms with Crippen molar-refractivity contribution in [3.05, 3.63) is 23.4 Å². The van der Waals surface area contributed by atoms with Crippen LogP contribution in [-0.2, 0) is 18.4 Å². The normalized spacial score (nSPS) is 18.5.